The Balaban J connectivity index is 4.43. The monoisotopic (exact) mass is 736 g/mol. The van der Waals surface area contributed by atoms with Gasteiger partial charge in [-0.3, -0.25) is 18.6 Å². The minimum atomic E-state index is -4.38. The highest BCUT2D eigenvalue weighted by Gasteiger charge is 2.27. The second kappa shape index (κ2) is 33.3. The summed E-state index contributed by atoms with van der Waals surface area (Å²) < 4.78 is 34.0. The summed E-state index contributed by atoms with van der Waals surface area (Å²) in [6, 6.07) is 0. The Morgan fingerprint density at radius 1 is 0.627 bits per heavy atom. The molecule has 0 aromatic carbocycles. The third-order valence-electron chi connectivity index (χ3n) is 7.50. The van der Waals surface area contributed by atoms with E-state index in [0.29, 0.717) is 17.4 Å². The second-order valence-corrected chi connectivity index (χ2v) is 15.0. The van der Waals surface area contributed by atoms with Gasteiger partial charge in [-0.1, -0.05) is 119 Å². The third-order valence-corrected chi connectivity index (χ3v) is 8.49. The van der Waals surface area contributed by atoms with Crippen LogP contribution in [0.5, 0.6) is 0 Å². The smallest absolute Gasteiger partial charge is 0.462 e. The number of rotatable bonds is 33. The van der Waals surface area contributed by atoms with Crippen LogP contribution in [-0.2, 0) is 32.7 Å². The van der Waals surface area contributed by atoms with Gasteiger partial charge in [-0.2, -0.15) is 0 Å². The van der Waals surface area contributed by atoms with E-state index in [0.717, 1.165) is 83.5 Å². The van der Waals surface area contributed by atoms with Gasteiger partial charge in [0.1, 0.15) is 19.8 Å². The fourth-order valence-corrected chi connectivity index (χ4v) is 5.23. The van der Waals surface area contributed by atoms with Crippen molar-refractivity contribution in [2.24, 2.45) is 0 Å². The van der Waals surface area contributed by atoms with Crippen molar-refractivity contribution >= 4 is 19.8 Å². The van der Waals surface area contributed by atoms with Crippen LogP contribution in [0.4, 0.5) is 0 Å². The van der Waals surface area contributed by atoms with Crippen molar-refractivity contribution in [2.75, 3.05) is 47.5 Å². The van der Waals surface area contributed by atoms with E-state index in [1.54, 1.807) is 0 Å². The number of carbonyl (C=O) groups excluding carboxylic acids is 2. The Kier molecular flexibility index (Phi) is 31.6. The maximum atomic E-state index is 12.6. The maximum absolute atomic E-state index is 12.6. The van der Waals surface area contributed by atoms with Gasteiger partial charge in [0.15, 0.2) is 6.10 Å². The van der Waals surface area contributed by atoms with Crippen LogP contribution in [0.15, 0.2) is 72.9 Å². The van der Waals surface area contributed by atoms with E-state index in [9.17, 15) is 19.0 Å². The van der Waals surface area contributed by atoms with Crippen molar-refractivity contribution in [3.63, 3.8) is 0 Å². The number of esters is 2. The molecule has 51 heavy (non-hydrogen) atoms. The number of phosphoric acid groups is 1. The average Bonchev–Trinajstić information content (AvgIpc) is 3.07. The summed E-state index contributed by atoms with van der Waals surface area (Å²) >= 11 is 0. The van der Waals surface area contributed by atoms with Crippen LogP contribution < -0.4 is 0 Å². The van der Waals surface area contributed by atoms with Gasteiger partial charge in [0, 0.05) is 12.8 Å². The molecule has 0 aromatic heterocycles. The topological polar surface area (TPSA) is 108 Å². The maximum Gasteiger partial charge on any atom is 0.472 e. The molecule has 0 aliphatic carbocycles. The van der Waals surface area contributed by atoms with Crippen LogP contribution in [0.1, 0.15) is 123 Å². The number of hydrogen-bond donors (Lipinski definition) is 1. The Morgan fingerprint density at radius 2 is 1.12 bits per heavy atom. The fraction of sp³-hybridized carbons (Fsp3) is 0.659. The van der Waals surface area contributed by atoms with Crippen molar-refractivity contribution in [1.82, 2.24) is 0 Å². The number of likely N-dealkylation sites (N-methyl/N-ethyl adjacent to an activating group) is 1. The lowest BCUT2D eigenvalue weighted by atomic mass is 10.1. The van der Waals surface area contributed by atoms with Gasteiger partial charge >= 0.3 is 19.8 Å². The van der Waals surface area contributed by atoms with Crippen LogP contribution in [0.3, 0.4) is 0 Å². The van der Waals surface area contributed by atoms with E-state index in [1.807, 2.05) is 21.1 Å². The van der Waals surface area contributed by atoms with Crippen molar-refractivity contribution in [3.05, 3.63) is 72.9 Å². The van der Waals surface area contributed by atoms with Gasteiger partial charge in [-0.05, 0) is 64.2 Å². The van der Waals surface area contributed by atoms with Crippen LogP contribution in [0.25, 0.3) is 0 Å². The predicted octanol–water partition coefficient (Wildman–Crippen LogP) is 10.3. The van der Waals surface area contributed by atoms with Crippen LogP contribution in [-0.4, -0.2) is 74.9 Å². The molecular weight excluding hydrogens is 665 g/mol. The zero-order chi connectivity index (χ0) is 37.9. The molecule has 0 heterocycles. The molecule has 0 aliphatic heterocycles. The highest BCUT2D eigenvalue weighted by Crippen LogP contribution is 2.43. The molecule has 0 aliphatic rings. The molecule has 1 N–H and O–H groups in total. The fourth-order valence-electron chi connectivity index (χ4n) is 4.48. The lowest BCUT2D eigenvalue weighted by molar-refractivity contribution is -0.870. The molecular formula is C41H71NO8P+. The lowest BCUT2D eigenvalue weighted by Gasteiger charge is -2.24. The summed E-state index contributed by atoms with van der Waals surface area (Å²) in [5, 5.41) is 0. The van der Waals surface area contributed by atoms with Crippen LogP contribution >= 0.6 is 7.82 Å². The Morgan fingerprint density at radius 3 is 1.67 bits per heavy atom. The standard InChI is InChI=1S/C41H70NO8P/c1-6-8-10-12-14-15-16-17-18-19-20-21-22-23-24-25-26-27-28-30-32-34-41(44)50-39(37-47-40(43)33-31-29-13-11-9-7-2)38-49-51(45,46)48-36-35-42(3,4)5/h8,10,14-15,17-18,20-21,23-24,26-27,39H,6-7,9,11-13,16,19,22,25,28-38H2,1-5H3/p+1/b10-8-,15-14-,18-17-,21-20-,24-23-,27-26-. The number of quaternary nitrogens is 1. The summed E-state index contributed by atoms with van der Waals surface area (Å²) in [4.78, 5) is 35.0. The van der Waals surface area contributed by atoms with E-state index in [1.165, 1.54) is 6.42 Å². The summed E-state index contributed by atoms with van der Waals surface area (Å²) in [6.45, 7) is 4.15. The summed E-state index contributed by atoms with van der Waals surface area (Å²) in [5.74, 6) is -0.869. The zero-order valence-corrected chi connectivity index (χ0v) is 33.4. The van der Waals surface area contributed by atoms with Gasteiger partial charge in [0.05, 0.1) is 27.7 Å². The first-order chi connectivity index (χ1) is 24.5. The largest absolute Gasteiger partial charge is 0.472 e. The van der Waals surface area contributed by atoms with E-state index in [-0.39, 0.29) is 26.1 Å². The zero-order valence-electron chi connectivity index (χ0n) is 32.6. The molecule has 0 rings (SSSR count). The Labute approximate surface area is 310 Å². The molecule has 0 saturated heterocycles. The highest BCUT2D eigenvalue weighted by molar-refractivity contribution is 7.47. The van der Waals surface area contributed by atoms with Gasteiger partial charge in [-0.25, -0.2) is 4.57 Å². The van der Waals surface area contributed by atoms with E-state index >= 15 is 0 Å². The first-order valence-electron chi connectivity index (χ1n) is 19.2. The molecule has 0 spiro atoms. The molecule has 10 heteroatoms. The van der Waals surface area contributed by atoms with E-state index in [4.69, 9.17) is 18.5 Å². The highest BCUT2D eigenvalue weighted by atomic mass is 31.2. The molecule has 2 unspecified atom stereocenters. The number of nitrogens with zero attached hydrogens (tertiary/aromatic N) is 1. The Hall–Kier alpha value is -2.55. The van der Waals surface area contributed by atoms with Crippen molar-refractivity contribution in [2.45, 2.75) is 129 Å². The number of carbonyl (C=O) groups is 2. The second-order valence-electron chi connectivity index (χ2n) is 13.6. The average molecular weight is 737 g/mol. The first-order valence-corrected chi connectivity index (χ1v) is 20.7. The normalized spacial score (nSPS) is 14.5. The van der Waals surface area contributed by atoms with Crippen molar-refractivity contribution in [3.8, 4) is 0 Å². The van der Waals surface area contributed by atoms with Gasteiger partial charge < -0.3 is 18.9 Å². The minimum absolute atomic E-state index is 0.0196. The van der Waals surface area contributed by atoms with Crippen LogP contribution in [0, 0.1) is 0 Å². The summed E-state index contributed by atoms with van der Waals surface area (Å²) in [6.07, 6.45) is 39.9. The summed E-state index contributed by atoms with van der Waals surface area (Å²) in [5.41, 5.74) is 0. The Bertz CT molecular complexity index is 1100. The SMILES string of the molecule is CC/C=C\C/C=C\C/C=C\C/C=C\C/C=C\C/C=C\CCCCC(=O)OC(COC(=O)CCCCCCCC)COP(=O)(O)OCC[N+](C)(C)C. The first kappa shape index (κ1) is 48.5. The van der Waals surface area contributed by atoms with Crippen molar-refractivity contribution < 1.29 is 42.1 Å². The number of ether oxygens (including phenoxy) is 2. The number of hydrogen-bond acceptors (Lipinski definition) is 7. The molecule has 0 aromatic rings. The number of phosphoric ester groups is 1. The molecule has 0 saturated carbocycles. The van der Waals surface area contributed by atoms with Gasteiger partial charge in [-0.15, -0.1) is 0 Å². The summed E-state index contributed by atoms with van der Waals surface area (Å²) in [7, 11) is 1.43. The van der Waals surface area contributed by atoms with Crippen LogP contribution in [0.2, 0.25) is 0 Å². The molecule has 9 nitrogen and oxygen atoms in total. The molecule has 2 atom stereocenters. The molecule has 292 valence electrons. The third kappa shape index (κ3) is 37.0. The quantitative estimate of drug-likeness (QED) is 0.0233. The number of unbranched alkanes of at least 4 members (excludes halogenated alkanes) is 7. The molecule has 0 radical (unpaired) electrons. The minimum Gasteiger partial charge on any atom is -0.462 e. The van der Waals surface area contributed by atoms with Crippen molar-refractivity contribution in [1.29, 1.82) is 0 Å². The molecule has 0 fully saturated rings. The lowest BCUT2D eigenvalue weighted by Crippen LogP contribution is -2.37. The molecule has 0 bridgehead atoms. The van der Waals surface area contributed by atoms with Gasteiger partial charge in [0.2, 0.25) is 0 Å². The number of allylic oxidation sites excluding steroid dienone is 12. The van der Waals surface area contributed by atoms with E-state index < -0.39 is 32.5 Å². The van der Waals surface area contributed by atoms with E-state index in [2.05, 4.69) is 86.8 Å². The van der Waals surface area contributed by atoms with Gasteiger partial charge in [0.25, 0.3) is 0 Å². The predicted molar refractivity (Wildman–Crippen MR) is 210 cm³/mol. The molecule has 0 amide bonds.